The standard InChI is InChI=1S/C33H36N6O/c1-2-39(31-14-18-37(19-15-31)24-25-8-11-30(12-9-25)38-16-3-4-17-38)33(40)36-32-13-10-28(21-29(32)23-35)27-7-5-6-26(20-27)22-34/h5-13,20-21,31H,2-4,14-19,24H2,1H3,(H,36,40). The van der Waals surface area contributed by atoms with Crippen molar-refractivity contribution in [2.45, 2.75) is 45.2 Å². The maximum absolute atomic E-state index is 13.3. The van der Waals surface area contributed by atoms with Crippen molar-refractivity contribution in [2.24, 2.45) is 0 Å². The van der Waals surface area contributed by atoms with E-state index in [-0.39, 0.29) is 12.1 Å². The highest BCUT2D eigenvalue weighted by Gasteiger charge is 2.27. The van der Waals surface area contributed by atoms with Gasteiger partial charge in [0.1, 0.15) is 6.07 Å². The fraction of sp³-hybridized carbons (Fsp3) is 0.364. The van der Waals surface area contributed by atoms with Crippen LogP contribution in [0, 0.1) is 22.7 Å². The summed E-state index contributed by atoms with van der Waals surface area (Å²) in [7, 11) is 0. The summed E-state index contributed by atoms with van der Waals surface area (Å²) in [6.07, 6.45) is 4.42. The number of rotatable bonds is 7. The van der Waals surface area contributed by atoms with Crippen molar-refractivity contribution in [3.63, 3.8) is 0 Å². The van der Waals surface area contributed by atoms with Gasteiger partial charge in [-0.25, -0.2) is 4.79 Å². The minimum Gasteiger partial charge on any atom is -0.372 e. The van der Waals surface area contributed by atoms with Gasteiger partial charge < -0.3 is 15.1 Å². The monoisotopic (exact) mass is 532 g/mol. The van der Waals surface area contributed by atoms with Gasteiger partial charge in [-0.2, -0.15) is 10.5 Å². The first-order valence-corrected chi connectivity index (χ1v) is 14.3. The van der Waals surface area contributed by atoms with Crippen LogP contribution in [0.15, 0.2) is 66.7 Å². The Balaban J connectivity index is 1.17. The molecule has 0 unspecified atom stereocenters. The second-order valence-electron chi connectivity index (χ2n) is 10.6. The van der Waals surface area contributed by atoms with E-state index >= 15 is 0 Å². The molecule has 7 heteroatoms. The molecule has 5 rings (SSSR count). The molecule has 2 fully saturated rings. The summed E-state index contributed by atoms with van der Waals surface area (Å²) in [6.45, 7) is 7.76. The molecule has 3 aromatic rings. The normalized spacial score (nSPS) is 15.8. The first-order valence-electron chi connectivity index (χ1n) is 14.3. The molecule has 0 radical (unpaired) electrons. The Morgan fingerprint density at radius 3 is 2.33 bits per heavy atom. The molecular formula is C33H36N6O. The molecule has 0 atom stereocenters. The summed E-state index contributed by atoms with van der Waals surface area (Å²) in [6, 6.07) is 26.1. The van der Waals surface area contributed by atoms with Gasteiger partial charge in [-0.1, -0.05) is 30.3 Å². The molecule has 0 aliphatic carbocycles. The zero-order valence-corrected chi connectivity index (χ0v) is 23.1. The van der Waals surface area contributed by atoms with Gasteiger partial charge in [-0.15, -0.1) is 0 Å². The molecule has 3 aromatic carbocycles. The van der Waals surface area contributed by atoms with E-state index in [2.05, 4.69) is 51.5 Å². The number of carbonyl (C=O) groups is 1. The highest BCUT2D eigenvalue weighted by molar-refractivity contribution is 5.91. The van der Waals surface area contributed by atoms with Gasteiger partial charge in [0.25, 0.3) is 0 Å². The van der Waals surface area contributed by atoms with Gasteiger partial charge in [-0.05, 0) is 85.7 Å². The van der Waals surface area contributed by atoms with E-state index in [1.54, 1.807) is 24.3 Å². The van der Waals surface area contributed by atoms with E-state index in [0.717, 1.165) is 56.7 Å². The van der Waals surface area contributed by atoms with Crippen LogP contribution in [0.2, 0.25) is 0 Å². The van der Waals surface area contributed by atoms with Gasteiger partial charge in [-0.3, -0.25) is 4.90 Å². The van der Waals surface area contributed by atoms with Crippen LogP contribution >= 0.6 is 0 Å². The number of hydrogen-bond acceptors (Lipinski definition) is 5. The van der Waals surface area contributed by atoms with Crippen LogP contribution in [0.3, 0.4) is 0 Å². The molecule has 2 aliphatic rings. The van der Waals surface area contributed by atoms with Crippen LogP contribution in [0.1, 0.15) is 49.3 Å². The number of amides is 2. The van der Waals surface area contributed by atoms with Crippen molar-refractivity contribution in [3.8, 4) is 23.3 Å². The van der Waals surface area contributed by atoms with Crippen molar-refractivity contribution in [3.05, 3.63) is 83.4 Å². The maximum Gasteiger partial charge on any atom is 0.322 e. The van der Waals surface area contributed by atoms with Gasteiger partial charge >= 0.3 is 6.03 Å². The molecule has 0 aromatic heterocycles. The van der Waals surface area contributed by atoms with E-state index in [0.29, 0.717) is 23.4 Å². The first kappa shape index (κ1) is 27.2. The second-order valence-corrected chi connectivity index (χ2v) is 10.6. The minimum absolute atomic E-state index is 0.164. The maximum atomic E-state index is 13.3. The number of nitrogens with zero attached hydrogens (tertiary/aromatic N) is 5. The van der Waals surface area contributed by atoms with E-state index in [1.807, 2.05) is 30.0 Å². The number of nitriles is 2. The number of carbonyl (C=O) groups excluding carboxylic acids is 1. The Morgan fingerprint density at radius 1 is 0.925 bits per heavy atom. The predicted molar refractivity (Wildman–Crippen MR) is 159 cm³/mol. The molecule has 1 N–H and O–H groups in total. The number of anilines is 2. The highest BCUT2D eigenvalue weighted by Crippen LogP contribution is 2.27. The Kier molecular flexibility index (Phi) is 8.64. The molecule has 2 saturated heterocycles. The lowest BCUT2D eigenvalue weighted by atomic mass is 10.0. The van der Waals surface area contributed by atoms with E-state index in [1.165, 1.54) is 24.1 Å². The molecule has 40 heavy (non-hydrogen) atoms. The van der Waals surface area contributed by atoms with Crippen molar-refractivity contribution in [1.82, 2.24) is 9.80 Å². The number of hydrogen-bond donors (Lipinski definition) is 1. The third kappa shape index (κ3) is 6.28. The molecule has 2 heterocycles. The van der Waals surface area contributed by atoms with Crippen molar-refractivity contribution >= 4 is 17.4 Å². The third-order valence-corrected chi connectivity index (χ3v) is 8.12. The topological polar surface area (TPSA) is 86.4 Å². The Morgan fingerprint density at radius 2 is 1.65 bits per heavy atom. The van der Waals surface area contributed by atoms with E-state index in [9.17, 15) is 15.3 Å². The zero-order valence-electron chi connectivity index (χ0n) is 23.1. The van der Waals surface area contributed by atoms with Gasteiger partial charge in [0.15, 0.2) is 0 Å². The average molecular weight is 533 g/mol. The largest absolute Gasteiger partial charge is 0.372 e. The lowest BCUT2D eigenvalue weighted by Gasteiger charge is -2.38. The zero-order chi connectivity index (χ0) is 27.9. The smallest absolute Gasteiger partial charge is 0.322 e. The second kappa shape index (κ2) is 12.7. The van der Waals surface area contributed by atoms with Crippen LogP contribution in [0.4, 0.5) is 16.2 Å². The number of urea groups is 1. The fourth-order valence-corrected chi connectivity index (χ4v) is 5.88. The number of nitrogens with one attached hydrogen (secondary N) is 1. The van der Waals surface area contributed by atoms with Gasteiger partial charge in [0.2, 0.25) is 0 Å². The SMILES string of the molecule is CCN(C(=O)Nc1ccc(-c2cccc(C#N)c2)cc1C#N)C1CCN(Cc2ccc(N3CCCC3)cc2)CC1. The van der Waals surface area contributed by atoms with Crippen LogP contribution in [-0.4, -0.2) is 54.6 Å². The van der Waals surface area contributed by atoms with Crippen LogP contribution in [0.5, 0.6) is 0 Å². The molecular weight excluding hydrogens is 496 g/mol. The molecule has 2 amide bonds. The Labute approximate surface area is 237 Å². The van der Waals surface area contributed by atoms with E-state index < -0.39 is 0 Å². The lowest BCUT2D eigenvalue weighted by molar-refractivity contribution is 0.126. The lowest BCUT2D eigenvalue weighted by Crippen LogP contribution is -2.48. The predicted octanol–water partition coefficient (Wildman–Crippen LogP) is 6.22. The highest BCUT2D eigenvalue weighted by atomic mass is 16.2. The molecule has 7 nitrogen and oxygen atoms in total. The van der Waals surface area contributed by atoms with Crippen molar-refractivity contribution in [2.75, 3.05) is 42.9 Å². The van der Waals surface area contributed by atoms with Gasteiger partial charge in [0, 0.05) is 51.0 Å². The number of piperidine rings is 1. The fourth-order valence-electron chi connectivity index (χ4n) is 5.88. The first-order chi connectivity index (χ1) is 19.6. The summed E-state index contributed by atoms with van der Waals surface area (Å²) in [5.41, 5.74) is 5.81. The summed E-state index contributed by atoms with van der Waals surface area (Å²) in [5.74, 6) is 0. The molecule has 0 bridgehead atoms. The summed E-state index contributed by atoms with van der Waals surface area (Å²) >= 11 is 0. The van der Waals surface area contributed by atoms with E-state index in [4.69, 9.17) is 0 Å². The molecule has 2 aliphatic heterocycles. The number of likely N-dealkylation sites (tertiary alicyclic amines) is 1. The summed E-state index contributed by atoms with van der Waals surface area (Å²) in [5, 5.41) is 22.0. The van der Waals surface area contributed by atoms with Crippen LogP contribution < -0.4 is 10.2 Å². The molecule has 0 spiro atoms. The summed E-state index contributed by atoms with van der Waals surface area (Å²) in [4.78, 5) is 20.1. The van der Waals surface area contributed by atoms with Crippen LogP contribution in [0.25, 0.3) is 11.1 Å². The average Bonchev–Trinajstić information content (AvgIpc) is 3.54. The Hall–Kier alpha value is -4.33. The quantitative estimate of drug-likeness (QED) is 0.391. The molecule has 204 valence electrons. The van der Waals surface area contributed by atoms with Gasteiger partial charge in [0.05, 0.1) is 22.9 Å². The minimum atomic E-state index is -0.172. The summed E-state index contributed by atoms with van der Waals surface area (Å²) < 4.78 is 0. The van der Waals surface area contributed by atoms with Crippen LogP contribution in [-0.2, 0) is 6.54 Å². The molecule has 0 saturated carbocycles. The Bertz CT molecular complexity index is 1410. The number of benzene rings is 3. The third-order valence-electron chi connectivity index (χ3n) is 8.12. The van der Waals surface area contributed by atoms with Crippen molar-refractivity contribution < 1.29 is 4.79 Å². The van der Waals surface area contributed by atoms with Crippen molar-refractivity contribution in [1.29, 1.82) is 10.5 Å².